The molecule has 3 heterocycles. The van der Waals surface area contributed by atoms with Crippen LogP contribution in [0.1, 0.15) is 0 Å². The lowest BCUT2D eigenvalue weighted by atomic mass is 10.1. The monoisotopic (exact) mass is 257 g/mol. The molecule has 0 unspecified atom stereocenters. The molecule has 0 atom stereocenters. The maximum atomic E-state index is 12.7. The number of nitrogens with zero attached hydrogens (tertiary/aromatic N) is 4. The Hall–Kier alpha value is -2.50. The van der Waals surface area contributed by atoms with E-state index in [2.05, 4.69) is 25.2 Å². The molecule has 0 spiro atoms. The SMILES string of the molecule is Fc1cnc(NCC2=CN3CC=NC=C3C=C2)nc1. The van der Waals surface area contributed by atoms with Gasteiger partial charge in [0, 0.05) is 19.0 Å². The Kier molecular flexibility index (Phi) is 3.06. The largest absolute Gasteiger partial charge is 0.350 e. The molecule has 0 saturated heterocycles. The first-order valence-corrected chi connectivity index (χ1v) is 5.90. The Morgan fingerprint density at radius 3 is 2.95 bits per heavy atom. The van der Waals surface area contributed by atoms with E-state index in [0.717, 1.165) is 30.2 Å². The second kappa shape index (κ2) is 5.01. The van der Waals surface area contributed by atoms with Crippen molar-refractivity contribution in [2.24, 2.45) is 4.99 Å². The molecule has 0 aliphatic carbocycles. The van der Waals surface area contributed by atoms with Crippen molar-refractivity contribution in [3.63, 3.8) is 0 Å². The number of anilines is 1. The summed E-state index contributed by atoms with van der Waals surface area (Å²) in [6, 6.07) is 0. The number of hydrogen-bond donors (Lipinski definition) is 1. The van der Waals surface area contributed by atoms with E-state index in [1.165, 1.54) is 0 Å². The Morgan fingerprint density at radius 1 is 1.26 bits per heavy atom. The summed E-state index contributed by atoms with van der Waals surface area (Å²) in [5.41, 5.74) is 2.17. The number of aromatic nitrogens is 2. The topological polar surface area (TPSA) is 53.4 Å². The van der Waals surface area contributed by atoms with Crippen LogP contribution in [0.15, 0.2) is 53.2 Å². The van der Waals surface area contributed by atoms with E-state index in [9.17, 15) is 4.39 Å². The molecule has 1 aromatic rings. The van der Waals surface area contributed by atoms with Crippen LogP contribution in [0, 0.1) is 5.82 Å². The molecule has 1 N–H and O–H groups in total. The fourth-order valence-corrected chi connectivity index (χ4v) is 1.83. The van der Waals surface area contributed by atoms with Gasteiger partial charge >= 0.3 is 0 Å². The van der Waals surface area contributed by atoms with Crippen LogP contribution in [0.2, 0.25) is 0 Å². The highest BCUT2D eigenvalue weighted by Crippen LogP contribution is 2.18. The fourth-order valence-electron chi connectivity index (χ4n) is 1.83. The molecule has 1 aromatic heterocycles. The van der Waals surface area contributed by atoms with Crippen LogP contribution in [-0.2, 0) is 0 Å². The molecule has 96 valence electrons. The lowest BCUT2D eigenvalue weighted by Gasteiger charge is -2.25. The molecule has 3 rings (SSSR count). The maximum absolute atomic E-state index is 12.7. The minimum absolute atomic E-state index is 0.414. The summed E-state index contributed by atoms with van der Waals surface area (Å²) in [6.45, 7) is 1.36. The Bertz CT molecular complexity index is 586. The summed E-state index contributed by atoms with van der Waals surface area (Å²) in [5.74, 6) is -0.0260. The average Bonchev–Trinajstić information content (AvgIpc) is 2.46. The summed E-state index contributed by atoms with van der Waals surface area (Å²) in [4.78, 5) is 13.9. The van der Waals surface area contributed by atoms with Crippen molar-refractivity contribution >= 4 is 12.2 Å². The second-order valence-corrected chi connectivity index (χ2v) is 4.15. The number of allylic oxidation sites excluding steroid dienone is 1. The second-order valence-electron chi connectivity index (χ2n) is 4.15. The average molecular weight is 257 g/mol. The van der Waals surface area contributed by atoms with E-state index in [1.54, 1.807) is 0 Å². The van der Waals surface area contributed by atoms with E-state index in [-0.39, 0.29) is 0 Å². The predicted octanol–water partition coefficient (Wildman–Crippen LogP) is 1.71. The third kappa shape index (κ3) is 2.67. The van der Waals surface area contributed by atoms with Gasteiger partial charge in [-0.25, -0.2) is 14.4 Å². The van der Waals surface area contributed by atoms with Crippen molar-refractivity contribution in [1.82, 2.24) is 14.9 Å². The molecule has 0 bridgehead atoms. The van der Waals surface area contributed by atoms with Gasteiger partial charge in [-0.2, -0.15) is 0 Å². The third-order valence-corrected chi connectivity index (χ3v) is 2.78. The fraction of sp³-hybridized carbons (Fsp3) is 0.154. The van der Waals surface area contributed by atoms with Crippen LogP contribution in [0.5, 0.6) is 0 Å². The molecule has 6 heteroatoms. The zero-order valence-electron chi connectivity index (χ0n) is 10.1. The van der Waals surface area contributed by atoms with E-state index in [0.29, 0.717) is 12.5 Å². The quantitative estimate of drug-likeness (QED) is 0.895. The van der Waals surface area contributed by atoms with Gasteiger partial charge in [-0.05, 0) is 11.6 Å². The highest BCUT2D eigenvalue weighted by atomic mass is 19.1. The zero-order chi connectivity index (χ0) is 13.1. The minimum atomic E-state index is -0.440. The molecule has 0 saturated carbocycles. The molecule has 0 amide bonds. The van der Waals surface area contributed by atoms with Gasteiger partial charge in [0.2, 0.25) is 5.95 Å². The molecule has 0 aromatic carbocycles. The van der Waals surface area contributed by atoms with Crippen molar-refractivity contribution in [2.45, 2.75) is 0 Å². The molecule has 0 radical (unpaired) electrons. The molecular formula is C13H12FN5. The van der Waals surface area contributed by atoms with Crippen molar-refractivity contribution in [1.29, 1.82) is 0 Å². The highest BCUT2D eigenvalue weighted by molar-refractivity contribution is 5.64. The zero-order valence-corrected chi connectivity index (χ0v) is 10.1. The lowest BCUT2D eigenvalue weighted by Crippen LogP contribution is -2.24. The summed E-state index contributed by atoms with van der Waals surface area (Å²) < 4.78 is 12.7. The van der Waals surface area contributed by atoms with Crippen LogP contribution >= 0.6 is 0 Å². The smallest absolute Gasteiger partial charge is 0.223 e. The van der Waals surface area contributed by atoms with Crippen molar-refractivity contribution < 1.29 is 4.39 Å². The normalized spacial score (nSPS) is 16.8. The Morgan fingerprint density at radius 2 is 2.11 bits per heavy atom. The lowest BCUT2D eigenvalue weighted by molar-refractivity contribution is 0.535. The molecule has 0 fully saturated rings. The van der Waals surface area contributed by atoms with Gasteiger partial charge in [0.25, 0.3) is 0 Å². The number of halogens is 1. The standard InChI is InChI=1S/C13H12FN5/c14-11-6-17-13(18-7-11)16-5-10-1-2-12-8-15-3-4-19(12)9-10/h1-3,6-9H,4-5H2,(H,16,17,18). The van der Waals surface area contributed by atoms with Crippen LogP contribution in [0.4, 0.5) is 10.3 Å². The first-order chi connectivity index (χ1) is 9.31. The predicted molar refractivity (Wildman–Crippen MR) is 71.0 cm³/mol. The van der Waals surface area contributed by atoms with Crippen molar-refractivity contribution in [3.8, 4) is 0 Å². The van der Waals surface area contributed by atoms with Crippen molar-refractivity contribution in [2.75, 3.05) is 18.4 Å². The van der Waals surface area contributed by atoms with Gasteiger partial charge < -0.3 is 10.2 Å². The first-order valence-electron chi connectivity index (χ1n) is 5.90. The van der Waals surface area contributed by atoms with Gasteiger partial charge in [-0.3, -0.25) is 4.99 Å². The van der Waals surface area contributed by atoms with Gasteiger partial charge in [0.15, 0.2) is 5.82 Å². The third-order valence-electron chi connectivity index (χ3n) is 2.78. The Balaban J connectivity index is 1.64. The number of fused-ring (bicyclic) bond motifs is 1. The van der Waals surface area contributed by atoms with Crippen molar-refractivity contribution in [3.05, 3.63) is 54.0 Å². The van der Waals surface area contributed by atoms with Gasteiger partial charge in [0.05, 0.1) is 30.8 Å². The summed E-state index contributed by atoms with van der Waals surface area (Å²) >= 11 is 0. The van der Waals surface area contributed by atoms with Gasteiger partial charge in [-0.1, -0.05) is 6.08 Å². The maximum Gasteiger partial charge on any atom is 0.223 e. The molecular weight excluding hydrogens is 245 g/mol. The van der Waals surface area contributed by atoms with E-state index in [1.807, 2.05) is 30.8 Å². The van der Waals surface area contributed by atoms with Crippen LogP contribution < -0.4 is 5.32 Å². The summed E-state index contributed by atoms with van der Waals surface area (Å²) in [6.07, 6.45) is 12.0. The molecule has 5 nitrogen and oxygen atoms in total. The van der Waals surface area contributed by atoms with E-state index < -0.39 is 5.82 Å². The summed E-state index contributed by atoms with van der Waals surface area (Å²) in [5, 5.41) is 3.05. The Labute approximate surface area is 109 Å². The number of nitrogens with one attached hydrogen (secondary N) is 1. The van der Waals surface area contributed by atoms with Crippen LogP contribution in [0.3, 0.4) is 0 Å². The van der Waals surface area contributed by atoms with E-state index >= 15 is 0 Å². The molecule has 19 heavy (non-hydrogen) atoms. The van der Waals surface area contributed by atoms with Gasteiger partial charge in [-0.15, -0.1) is 0 Å². The molecule has 2 aliphatic rings. The van der Waals surface area contributed by atoms with Crippen LogP contribution in [-0.4, -0.2) is 34.2 Å². The summed E-state index contributed by atoms with van der Waals surface area (Å²) in [7, 11) is 0. The highest BCUT2D eigenvalue weighted by Gasteiger charge is 2.11. The molecule has 2 aliphatic heterocycles. The van der Waals surface area contributed by atoms with E-state index in [4.69, 9.17) is 0 Å². The van der Waals surface area contributed by atoms with Crippen LogP contribution in [0.25, 0.3) is 0 Å². The number of aliphatic imine (C=N–C) groups is 1. The number of hydrogen-bond acceptors (Lipinski definition) is 5. The number of rotatable bonds is 3. The first kappa shape index (κ1) is 11.6. The minimum Gasteiger partial charge on any atom is -0.350 e. The van der Waals surface area contributed by atoms with Gasteiger partial charge in [0.1, 0.15) is 0 Å².